The van der Waals surface area contributed by atoms with Crippen LogP contribution in [0.3, 0.4) is 0 Å². The number of aliphatic carboxylic acids is 1. The summed E-state index contributed by atoms with van der Waals surface area (Å²) in [6, 6.07) is 5.61. The number of halogens is 1. The fraction of sp³-hybridized carbons (Fsp3) is 0.286. The molecular weight excluding hydrogens is 247 g/mol. The highest BCUT2D eigenvalue weighted by Gasteiger charge is 2.20. The van der Waals surface area contributed by atoms with Crippen LogP contribution in [-0.2, 0) is 18.3 Å². The first-order valence-electron chi connectivity index (χ1n) is 6.02. The van der Waals surface area contributed by atoms with Crippen molar-refractivity contribution >= 4 is 5.97 Å². The number of benzene rings is 1. The van der Waals surface area contributed by atoms with Crippen LogP contribution >= 0.6 is 0 Å². The van der Waals surface area contributed by atoms with Gasteiger partial charge < -0.3 is 9.67 Å². The molecule has 0 spiro atoms. The molecule has 0 radical (unpaired) electrons. The van der Waals surface area contributed by atoms with Gasteiger partial charge in [-0.3, -0.25) is 4.79 Å². The number of aryl methyl sites for hydroxylation is 2. The summed E-state index contributed by atoms with van der Waals surface area (Å²) in [5.41, 5.74) is 0.614. The third-order valence-corrected chi connectivity index (χ3v) is 3.15. The van der Waals surface area contributed by atoms with Gasteiger partial charge in [0.25, 0.3) is 0 Å². The molecule has 5 heteroatoms. The van der Waals surface area contributed by atoms with Crippen LogP contribution in [0.1, 0.15) is 23.7 Å². The standard InChI is InChI=1S/C14H15FN2O2/c1-17-9-8-16-13(17)7-6-12(14(18)19)10-2-4-11(15)5-3-10/h2-5,8-9,12H,6-7H2,1H3,(H,18,19). The SMILES string of the molecule is Cn1ccnc1CCC(C(=O)O)c1ccc(F)cc1. The van der Waals surface area contributed by atoms with E-state index in [1.54, 1.807) is 6.20 Å². The van der Waals surface area contributed by atoms with E-state index in [9.17, 15) is 14.3 Å². The quantitative estimate of drug-likeness (QED) is 0.900. The van der Waals surface area contributed by atoms with Gasteiger partial charge in [-0.05, 0) is 24.1 Å². The lowest BCUT2D eigenvalue weighted by molar-refractivity contribution is -0.139. The molecule has 100 valence electrons. The van der Waals surface area contributed by atoms with E-state index in [0.29, 0.717) is 18.4 Å². The predicted molar refractivity (Wildman–Crippen MR) is 68.3 cm³/mol. The molecule has 0 saturated carbocycles. The van der Waals surface area contributed by atoms with Gasteiger partial charge in [-0.15, -0.1) is 0 Å². The Bertz CT molecular complexity index is 563. The lowest BCUT2D eigenvalue weighted by Crippen LogP contribution is -2.13. The minimum Gasteiger partial charge on any atom is -0.481 e. The van der Waals surface area contributed by atoms with Crippen LogP contribution in [0.2, 0.25) is 0 Å². The highest BCUT2D eigenvalue weighted by molar-refractivity contribution is 5.76. The molecule has 2 aromatic rings. The highest BCUT2D eigenvalue weighted by Crippen LogP contribution is 2.22. The van der Waals surface area contributed by atoms with E-state index in [4.69, 9.17) is 0 Å². The van der Waals surface area contributed by atoms with Crippen molar-refractivity contribution in [3.63, 3.8) is 0 Å². The van der Waals surface area contributed by atoms with Gasteiger partial charge in [-0.2, -0.15) is 0 Å². The van der Waals surface area contributed by atoms with Crippen molar-refractivity contribution in [2.24, 2.45) is 7.05 Å². The summed E-state index contributed by atoms with van der Waals surface area (Å²) < 4.78 is 14.7. The van der Waals surface area contributed by atoms with Crippen LogP contribution in [0.25, 0.3) is 0 Å². The summed E-state index contributed by atoms with van der Waals surface area (Å²) in [4.78, 5) is 15.5. The monoisotopic (exact) mass is 262 g/mol. The molecule has 0 bridgehead atoms. The van der Waals surface area contributed by atoms with Gasteiger partial charge in [-0.1, -0.05) is 12.1 Å². The number of hydrogen-bond acceptors (Lipinski definition) is 2. The Balaban J connectivity index is 2.11. The molecule has 0 saturated heterocycles. The Morgan fingerprint density at radius 1 is 1.42 bits per heavy atom. The number of carboxylic acid groups (broad SMARTS) is 1. The highest BCUT2D eigenvalue weighted by atomic mass is 19.1. The summed E-state index contributed by atoms with van der Waals surface area (Å²) in [6.07, 6.45) is 4.51. The topological polar surface area (TPSA) is 55.1 Å². The van der Waals surface area contributed by atoms with Crippen molar-refractivity contribution in [1.82, 2.24) is 9.55 Å². The van der Waals surface area contributed by atoms with Crippen molar-refractivity contribution in [3.05, 3.63) is 53.9 Å². The molecule has 1 aromatic heterocycles. The van der Waals surface area contributed by atoms with Crippen LogP contribution in [0.4, 0.5) is 4.39 Å². The van der Waals surface area contributed by atoms with E-state index in [0.717, 1.165) is 5.82 Å². The molecule has 1 atom stereocenters. The van der Waals surface area contributed by atoms with Crippen molar-refractivity contribution in [1.29, 1.82) is 0 Å². The first-order valence-corrected chi connectivity index (χ1v) is 6.02. The second kappa shape index (κ2) is 5.65. The van der Waals surface area contributed by atoms with Gasteiger partial charge in [-0.25, -0.2) is 9.37 Å². The largest absolute Gasteiger partial charge is 0.481 e. The molecule has 4 nitrogen and oxygen atoms in total. The average Bonchev–Trinajstić information content (AvgIpc) is 2.77. The Morgan fingerprint density at radius 2 is 2.11 bits per heavy atom. The van der Waals surface area contributed by atoms with E-state index < -0.39 is 11.9 Å². The van der Waals surface area contributed by atoms with E-state index in [1.807, 2.05) is 17.8 Å². The Kier molecular flexibility index (Phi) is 3.94. The smallest absolute Gasteiger partial charge is 0.310 e. The van der Waals surface area contributed by atoms with E-state index >= 15 is 0 Å². The first kappa shape index (κ1) is 13.3. The van der Waals surface area contributed by atoms with E-state index in [2.05, 4.69) is 4.98 Å². The zero-order valence-corrected chi connectivity index (χ0v) is 10.6. The number of carbonyl (C=O) groups is 1. The molecular formula is C14H15FN2O2. The van der Waals surface area contributed by atoms with Crippen LogP contribution in [0.15, 0.2) is 36.7 Å². The van der Waals surface area contributed by atoms with E-state index in [-0.39, 0.29) is 5.82 Å². The maximum absolute atomic E-state index is 12.9. The molecule has 0 amide bonds. The minimum atomic E-state index is -0.902. The van der Waals surface area contributed by atoms with Crippen LogP contribution in [0, 0.1) is 5.82 Å². The van der Waals surface area contributed by atoms with Gasteiger partial charge in [0.05, 0.1) is 5.92 Å². The van der Waals surface area contributed by atoms with Gasteiger partial charge in [0, 0.05) is 25.9 Å². The van der Waals surface area contributed by atoms with Gasteiger partial charge in [0.15, 0.2) is 0 Å². The molecule has 0 aliphatic rings. The number of nitrogens with zero attached hydrogens (tertiary/aromatic N) is 2. The molecule has 1 N–H and O–H groups in total. The summed E-state index contributed by atoms with van der Waals surface area (Å²) in [5.74, 6) is -1.07. The van der Waals surface area contributed by atoms with Gasteiger partial charge in [0.1, 0.15) is 11.6 Å². The van der Waals surface area contributed by atoms with Gasteiger partial charge in [0.2, 0.25) is 0 Å². The molecule has 2 rings (SSSR count). The lowest BCUT2D eigenvalue weighted by Gasteiger charge is -2.12. The molecule has 1 heterocycles. The molecule has 0 aliphatic heterocycles. The minimum absolute atomic E-state index is 0.364. The Morgan fingerprint density at radius 3 is 2.63 bits per heavy atom. The summed E-state index contributed by atoms with van der Waals surface area (Å²) in [6.45, 7) is 0. The molecule has 1 unspecified atom stereocenters. The van der Waals surface area contributed by atoms with Crippen LogP contribution in [0.5, 0.6) is 0 Å². The fourth-order valence-electron chi connectivity index (χ4n) is 2.04. The van der Waals surface area contributed by atoms with Crippen molar-refractivity contribution in [2.45, 2.75) is 18.8 Å². The average molecular weight is 262 g/mol. The fourth-order valence-corrected chi connectivity index (χ4v) is 2.04. The maximum Gasteiger partial charge on any atom is 0.310 e. The van der Waals surface area contributed by atoms with Crippen molar-refractivity contribution < 1.29 is 14.3 Å². The number of aromatic nitrogens is 2. The molecule has 1 aromatic carbocycles. The first-order chi connectivity index (χ1) is 9.08. The normalized spacial score (nSPS) is 12.3. The third kappa shape index (κ3) is 3.19. The second-order valence-corrected chi connectivity index (χ2v) is 4.44. The zero-order valence-electron chi connectivity index (χ0n) is 10.6. The maximum atomic E-state index is 12.9. The molecule has 0 aliphatic carbocycles. The van der Waals surface area contributed by atoms with Crippen LogP contribution in [-0.4, -0.2) is 20.6 Å². The molecule has 19 heavy (non-hydrogen) atoms. The number of rotatable bonds is 5. The third-order valence-electron chi connectivity index (χ3n) is 3.15. The lowest BCUT2D eigenvalue weighted by atomic mass is 9.94. The summed E-state index contributed by atoms with van der Waals surface area (Å²) in [7, 11) is 1.87. The van der Waals surface area contributed by atoms with Gasteiger partial charge >= 0.3 is 5.97 Å². The summed E-state index contributed by atoms with van der Waals surface area (Å²) >= 11 is 0. The Labute approximate surface area is 110 Å². The number of hydrogen-bond donors (Lipinski definition) is 1. The zero-order chi connectivity index (χ0) is 13.8. The Hall–Kier alpha value is -2.17. The van der Waals surface area contributed by atoms with E-state index in [1.165, 1.54) is 24.3 Å². The van der Waals surface area contributed by atoms with Crippen molar-refractivity contribution in [2.75, 3.05) is 0 Å². The molecule has 0 fully saturated rings. The van der Waals surface area contributed by atoms with Crippen molar-refractivity contribution in [3.8, 4) is 0 Å². The second-order valence-electron chi connectivity index (χ2n) is 4.44. The van der Waals surface area contributed by atoms with Crippen LogP contribution < -0.4 is 0 Å². The number of imidazole rings is 1. The predicted octanol–water partition coefficient (Wildman–Crippen LogP) is 2.36. The summed E-state index contributed by atoms with van der Waals surface area (Å²) in [5, 5.41) is 9.27. The number of carboxylic acids is 1.